The highest BCUT2D eigenvalue weighted by molar-refractivity contribution is 7.92. The first-order chi connectivity index (χ1) is 14.8. The summed E-state index contributed by atoms with van der Waals surface area (Å²) in [6.45, 7) is 0.676. The number of sulfonamides is 1. The van der Waals surface area contributed by atoms with Crippen LogP contribution in [-0.2, 0) is 21.2 Å². The second-order valence-electron chi connectivity index (χ2n) is 6.93. The quantitative estimate of drug-likeness (QED) is 0.534. The average Bonchev–Trinajstić information content (AvgIpc) is 2.75. The van der Waals surface area contributed by atoms with Crippen LogP contribution in [0.4, 0.5) is 5.69 Å². The molecule has 0 atom stereocenters. The van der Waals surface area contributed by atoms with Crippen LogP contribution in [-0.4, -0.2) is 55.0 Å². The summed E-state index contributed by atoms with van der Waals surface area (Å²) in [5.41, 5.74) is 1.52. The lowest BCUT2D eigenvalue weighted by atomic mass is 10.1. The van der Waals surface area contributed by atoms with E-state index in [-0.39, 0.29) is 18.9 Å². The molecule has 0 saturated carbocycles. The lowest BCUT2D eigenvalue weighted by molar-refractivity contribution is -0.121. The van der Waals surface area contributed by atoms with Crippen molar-refractivity contribution in [2.24, 2.45) is 0 Å². The number of hydrogen-bond acceptors (Lipinski definition) is 6. The number of carbonyl (C=O) groups excluding carboxylic acids is 1. The van der Waals surface area contributed by atoms with Gasteiger partial charge in [0.2, 0.25) is 15.9 Å². The van der Waals surface area contributed by atoms with E-state index >= 15 is 0 Å². The predicted molar refractivity (Wildman–Crippen MR) is 121 cm³/mol. The molecule has 1 N–H and O–H groups in total. The summed E-state index contributed by atoms with van der Waals surface area (Å²) in [6, 6.07) is 12.5. The molecule has 2 aromatic rings. The third-order valence-corrected chi connectivity index (χ3v) is 5.88. The normalized spacial score (nSPS) is 11.0. The molecule has 0 fully saturated rings. The first-order valence-electron chi connectivity index (χ1n) is 9.88. The highest BCUT2D eigenvalue weighted by Gasteiger charge is 2.18. The fourth-order valence-corrected chi connectivity index (χ4v) is 4.06. The van der Waals surface area contributed by atoms with E-state index in [2.05, 4.69) is 5.32 Å². The lowest BCUT2D eigenvalue weighted by Crippen LogP contribution is -2.32. The van der Waals surface area contributed by atoms with E-state index in [9.17, 15) is 13.2 Å². The predicted octanol–water partition coefficient (Wildman–Crippen LogP) is 2.62. The molecule has 0 aliphatic heterocycles. The van der Waals surface area contributed by atoms with Gasteiger partial charge in [0.1, 0.15) is 5.75 Å². The van der Waals surface area contributed by atoms with Crippen molar-refractivity contribution in [1.29, 1.82) is 0 Å². The molecule has 1 amide bonds. The summed E-state index contributed by atoms with van der Waals surface area (Å²) in [6.07, 6.45) is 2.41. The maximum absolute atomic E-state index is 12.2. The largest absolute Gasteiger partial charge is 0.497 e. The van der Waals surface area contributed by atoms with Crippen molar-refractivity contribution in [3.63, 3.8) is 0 Å². The zero-order valence-corrected chi connectivity index (χ0v) is 19.2. The van der Waals surface area contributed by atoms with Crippen LogP contribution in [0.3, 0.4) is 0 Å². The minimum atomic E-state index is -3.48. The molecule has 0 radical (unpaired) electrons. The molecule has 0 aromatic heterocycles. The number of carbonyl (C=O) groups is 1. The van der Waals surface area contributed by atoms with Crippen LogP contribution in [0.15, 0.2) is 42.5 Å². The molecule has 0 heterocycles. The Morgan fingerprint density at radius 1 is 1.00 bits per heavy atom. The SMILES string of the molecule is COc1cccc(N(CCCC(=O)NCCc2ccc(OC)c(OC)c2)S(C)(=O)=O)c1. The van der Waals surface area contributed by atoms with E-state index in [1.165, 1.54) is 11.4 Å². The van der Waals surface area contributed by atoms with E-state index in [4.69, 9.17) is 14.2 Å². The van der Waals surface area contributed by atoms with Gasteiger partial charge < -0.3 is 19.5 Å². The Hall–Kier alpha value is -2.94. The van der Waals surface area contributed by atoms with Gasteiger partial charge >= 0.3 is 0 Å². The first-order valence-corrected chi connectivity index (χ1v) is 11.7. The van der Waals surface area contributed by atoms with Gasteiger partial charge in [0.15, 0.2) is 11.5 Å². The summed E-state index contributed by atoms with van der Waals surface area (Å²) in [5.74, 6) is 1.74. The number of anilines is 1. The smallest absolute Gasteiger partial charge is 0.232 e. The molecular weight excluding hydrogens is 420 g/mol. The second kappa shape index (κ2) is 11.5. The number of rotatable bonds is 12. The number of amides is 1. The molecule has 2 rings (SSSR count). The molecule has 31 heavy (non-hydrogen) atoms. The molecule has 8 nitrogen and oxygen atoms in total. The fraction of sp³-hybridized carbons (Fsp3) is 0.409. The number of nitrogens with one attached hydrogen (secondary N) is 1. The van der Waals surface area contributed by atoms with Crippen molar-refractivity contribution >= 4 is 21.6 Å². The van der Waals surface area contributed by atoms with Gasteiger partial charge in [-0.3, -0.25) is 9.10 Å². The third-order valence-electron chi connectivity index (χ3n) is 4.69. The third kappa shape index (κ3) is 7.36. The molecule has 9 heteroatoms. The number of ether oxygens (including phenoxy) is 3. The van der Waals surface area contributed by atoms with E-state index in [1.54, 1.807) is 38.5 Å². The monoisotopic (exact) mass is 450 g/mol. The lowest BCUT2D eigenvalue weighted by Gasteiger charge is -2.22. The summed E-state index contributed by atoms with van der Waals surface area (Å²) in [4.78, 5) is 12.2. The number of hydrogen-bond donors (Lipinski definition) is 1. The van der Waals surface area contributed by atoms with Crippen molar-refractivity contribution in [3.8, 4) is 17.2 Å². The number of methoxy groups -OCH3 is 3. The van der Waals surface area contributed by atoms with Gasteiger partial charge in [0.25, 0.3) is 0 Å². The molecule has 0 aliphatic rings. The van der Waals surface area contributed by atoms with Crippen LogP contribution in [0, 0.1) is 0 Å². The van der Waals surface area contributed by atoms with Crippen LogP contribution in [0.1, 0.15) is 18.4 Å². The van der Waals surface area contributed by atoms with Crippen molar-refractivity contribution in [2.75, 3.05) is 45.0 Å². The summed E-state index contributed by atoms with van der Waals surface area (Å²) < 4.78 is 41.4. The Balaban J connectivity index is 1.84. The Morgan fingerprint density at radius 3 is 2.39 bits per heavy atom. The van der Waals surface area contributed by atoms with Gasteiger partial charge in [-0.25, -0.2) is 8.42 Å². The zero-order valence-electron chi connectivity index (χ0n) is 18.4. The van der Waals surface area contributed by atoms with Crippen molar-refractivity contribution < 1.29 is 27.4 Å². The van der Waals surface area contributed by atoms with Gasteiger partial charge in [-0.05, 0) is 42.7 Å². The number of benzene rings is 2. The summed E-state index contributed by atoms with van der Waals surface area (Å²) >= 11 is 0. The van der Waals surface area contributed by atoms with E-state index < -0.39 is 10.0 Å². The summed E-state index contributed by atoms with van der Waals surface area (Å²) in [5, 5.41) is 2.87. The molecule has 2 aromatic carbocycles. The van der Waals surface area contributed by atoms with Crippen molar-refractivity contribution in [3.05, 3.63) is 48.0 Å². The van der Waals surface area contributed by atoms with Gasteiger partial charge in [-0.15, -0.1) is 0 Å². The van der Waals surface area contributed by atoms with E-state index in [0.29, 0.717) is 42.3 Å². The average molecular weight is 451 g/mol. The van der Waals surface area contributed by atoms with Crippen LogP contribution < -0.4 is 23.8 Å². The molecule has 0 unspecified atom stereocenters. The Bertz CT molecular complexity index is 978. The fourth-order valence-electron chi connectivity index (χ4n) is 3.11. The van der Waals surface area contributed by atoms with Crippen molar-refractivity contribution in [1.82, 2.24) is 5.32 Å². The molecule has 170 valence electrons. The molecule has 0 spiro atoms. The van der Waals surface area contributed by atoms with Crippen LogP contribution >= 0.6 is 0 Å². The van der Waals surface area contributed by atoms with Crippen LogP contribution in [0.2, 0.25) is 0 Å². The van der Waals surface area contributed by atoms with Crippen LogP contribution in [0.5, 0.6) is 17.2 Å². The Labute approximate surface area is 184 Å². The Morgan fingerprint density at radius 2 is 1.74 bits per heavy atom. The molecule has 0 bridgehead atoms. The van der Waals surface area contributed by atoms with Gasteiger partial charge in [0, 0.05) is 25.6 Å². The van der Waals surface area contributed by atoms with E-state index in [0.717, 1.165) is 11.8 Å². The molecular formula is C22H30N2O6S. The highest BCUT2D eigenvalue weighted by Crippen LogP contribution is 2.27. The van der Waals surface area contributed by atoms with Gasteiger partial charge in [0.05, 0.1) is 33.3 Å². The number of nitrogens with zero attached hydrogens (tertiary/aromatic N) is 1. The van der Waals surface area contributed by atoms with Gasteiger partial charge in [-0.1, -0.05) is 12.1 Å². The van der Waals surface area contributed by atoms with Crippen molar-refractivity contribution in [2.45, 2.75) is 19.3 Å². The van der Waals surface area contributed by atoms with Crippen LogP contribution in [0.25, 0.3) is 0 Å². The minimum absolute atomic E-state index is 0.125. The topological polar surface area (TPSA) is 94.2 Å². The second-order valence-corrected chi connectivity index (χ2v) is 8.84. The van der Waals surface area contributed by atoms with Gasteiger partial charge in [-0.2, -0.15) is 0 Å². The van der Waals surface area contributed by atoms with E-state index in [1.807, 2.05) is 18.2 Å². The minimum Gasteiger partial charge on any atom is -0.497 e. The standard InChI is InChI=1S/C22H30N2O6S/c1-28-19-8-5-7-18(16-19)24(31(4,26)27)14-6-9-22(25)23-13-12-17-10-11-20(29-2)21(15-17)30-3/h5,7-8,10-11,15-16H,6,9,12-14H2,1-4H3,(H,23,25). The maximum Gasteiger partial charge on any atom is 0.232 e. The summed E-state index contributed by atoms with van der Waals surface area (Å²) in [7, 11) is 1.20. The molecule has 0 aliphatic carbocycles. The maximum atomic E-state index is 12.2. The zero-order chi connectivity index (χ0) is 22.9. The molecule has 0 saturated heterocycles. The Kier molecular flexibility index (Phi) is 8.99. The first kappa shape index (κ1) is 24.3. The highest BCUT2D eigenvalue weighted by atomic mass is 32.2.